The fourth-order valence-corrected chi connectivity index (χ4v) is 7.10. The zero-order valence-electron chi connectivity index (χ0n) is 22.9. The molecule has 1 heterocycles. The first-order valence-corrected chi connectivity index (χ1v) is 14.9. The van der Waals surface area contributed by atoms with Crippen LogP contribution in [-0.2, 0) is 19.2 Å². The number of alkyl halides is 2. The number of nitrogens with zero attached hydrogens (tertiary/aromatic N) is 1. The lowest BCUT2D eigenvalue weighted by Gasteiger charge is -2.38. The van der Waals surface area contributed by atoms with E-state index in [4.69, 9.17) is 28.9 Å². The van der Waals surface area contributed by atoms with Crippen LogP contribution in [0.4, 0.5) is 4.79 Å². The van der Waals surface area contributed by atoms with Crippen LogP contribution < -0.4 is 21.7 Å². The second kappa shape index (κ2) is 11.4. The zero-order valence-corrected chi connectivity index (χ0v) is 24.4. The lowest BCUT2D eigenvalue weighted by Crippen LogP contribution is -2.62. The van der Waals surface area contributed by atoms with Crippen molar-refractivity contribution in [3.8, 4) is 0 Å². The van der Waals surface area contributed by atoms with Gasteiger partial charge in [0, 0.05) is 24.4 Å². The van der Waals surface area contributed by atoms with Crippen molar-refractivity contribution in [1.82, 2.24) is 20.9 Å². The first kappa shape index (κ1) is 29.9. The molecule has 10 nitrogen and oxygen atoms in total. The maximum atomic E-state index is 13.9. The van der Waals surface area contributed by atoms with E-state index in [9.17, 15) is 24.0 Å². The minimum atomic E-state index is -1.18. The summed E-state index contributed by atoms with van der Waals surface area (Å²) in [6.45, 7) is 5.67. The molecule has 5 N–H and O–H groups in total. The van der Waals surface area contributed by atoms with Crippen LogP contribution in [0.3, 0.4) is 0 Å². The highest BCUT2D eigenvalue weighted by molar-refractivity contribution is 6.51. The van der Waals surface area contributed by atoms with E-state index in [-0.39, 0.29) is 24.4 Å². The molecular weight excluding hydrogens is 545 g/mol. The van der Waals surface area contributed by atoms with Crippen molar-refractivity contribution in [3.63, 3.8) is 0 Å². The highest BCUT2D eigenvalue weighted by Gasteiger charge is 2.74. The van der Waals surface area contributed by atoms with Crippen molar-refractivity contribution in [2.24, 2.45) is 28.9 Å². The number of nitrogens with one attached hydrogen (secondary N) is 3. The molecule has 4 fully saturated rings. The second-order valence-electron chi connectivity index (χ2n) is 12.8. The highest BCUT2D eigenvalue weighted by atomic mass is 35.5. The number of carbonyl (C=O) groups excluding carboxylic acids is 5. The van der Waals surface area contributed by atoms with Crippen molar-refractivity contribution >= 4 is 52.7 Å². The summed E-state index contributed by atoms with van der Waals surface area (Å²) in [5, 5.41) is 8.53. The summed E-state index contributed by atoms with van der Waals surface area (Å²) in [6, 6.07) is -3.40. The Bertz CT molecular complexity index is 1010. The molecule has 4 aliphatic rings. The smallest absolute Gasteiger partial charge is 0.315 e. The summed E-state index contributed by atoms with van der Waals surface area (Å²) < 4.78 is -1.18. The Kier molecular flexibility index (Phi) is 8.76. The molecule has 3 saturated carbocycles. The molecule has 1 saturated heterocycles. The third-order valence-electron chi connectivity index (χ3n) is 8.88. The molecule has 1 aliphatic heterocycles. The van der Waals surface area contributed by atoms with Gasteiger partial charge in [-0.15, -0.1) is 23.2 Å². The number of urea groups is 1. The van der Waals surface area contributed by atoms with Crippen molar-refractivity contribution in [1.29, 1.82) is 0 Å². The molecule has 12 heteroatoms. The van der Waals surface area contributed by atoms with Crippen LogP contribution >= 0.6 is 23.2 Å². The second-order valence-corrected chi connectivity index (χ2v) is 14.3. The van der Waals surface area contributed by atoms with Gasteiger partial charge in [-0.25, -0.2) is 4.79 Å². The molecule has 0 aromatic rings. The van der Waals surface area contributed by atoms with E-state index in [1.165, 1.54) is 4.90 Å². The van der Waals surface area contributed by atoms with Gasteiger partial charge in [-0.1, -0.05) is 59.3 Å². The van der Waals surface area contributed by atoms with Crippen LogP contribution in [0.5, 0.6) is 0 Å². The normalized spacial score (nSPS) is 27.9. The number of halogens is 2. The minimum absolute atomic E-state index is 0.0657. The molecule has 0 spiro atoms. The summed E-state index contributed by atoms with van der Waals surface area (Å²) in [6.07, 6.45) is 8.22. The van der Waals surface area contributed by atoms with Gasteiger partial charge in [0.2, 0.25) is 17.6 Å². The maximum absolute atomic E-state index is 13.9. The van der Waals surface area contributed by atoms with Gasteiger partial charge < -0.3 is 26.6 Å². The van der Waals surface area contributed by atoms with E-state index < -0.39 is 63.3 Å². The third kappa shape index (κ3) is 6.47. The van der Waals surface area contributed by atoms with Crippen molar-refractivity contribution < 1.29 is 24.0 Å². The van der Waals surface area contributed by atoms with E-state index in [0.717, 1.165) is 51.4 Å². The summed E-state index contributed by atoms with van der Waals surface area (Å²) in [7, 11) is 0. The Hall–Kier alpha value is -2.07. The van der Waals surface area contributed by atoms with Gasteiger partial charge in [-0.2, -0.15) is 0 Å². The fraction of sp³-hybridized carbons (Fsp3) is 0.815. The standard InChI is InChI=1S/C27H41Cl2N5O5/c1-26(2,3)21(33-25(39)31-15-10-5-4-6-11-15)24(38)34-13-16-18(27(16,28)29)19(34)23(37)32-17(20(35)22(30)36)12-14-8-7-9-14/h14-19,21H,4-13H2,1-3H3,(H2,30,36)(H,32,37)(H2,31,33,39). The molecule has 0 radical (unpaired) electrons. The quantitative estimate of drug-likeness (QED) is 0.242. The molecule has 5 amide bonds. The summed E-state index contributed by atoms with van der Waals surface area (Å²) in [5.74, 6) is -3.65. The summed E-state index contributed by atoms with van der Waals surface area (Å²) in [4.78, 5) is 66.2. The molecule has 218 valence electrons. The number of Topliss-reactive ketones (excluding diaryl/α,β-unsaturated/α-hetero) is 1. The first-order chi connectivity index (χ1) is 18.2. The SMILES string of the molecule is CC(C)(C)C(NC(=O)NC1CCCCC1)C(=O)N1CC2C(C1C(=O)NC(CC1CCC1)C(=O)C(N)=O)C2(Cl)Cl. The Balaban J connectivity index is 1.50. The zero-order chi connectivity index (χ0) is 28.7. The Morgan fingerprint density at radius 3 is 2.15 bits per heavy atom. The molecule has 4 rings (SSSR count). The van der Waals surface area contributed by atoms with E-state index in [1.54, 1.807) is 0 Å². The number of piperidine rings is 1. The van der Waals surface area contributed by atoms with Gasteiger partial charge in [0.25, 0.3) is 5.91 Å². The summed E-state index contributed by atoms with van der Waals surface area (Å²) in [5.41, 5.74) is 4.60. The number of rotatable bonds is 9. The monoisotopic (exact) mass is 585 g/mol. The lowest BCUT2D eigenvalue weighted by molar-refractivity contribution is -0.144. The van der Waals surface area contributed by atoms with Gasteiger partial charge in [-0.05, 0) is 30.6 Å². The maximum Gasteiger partial charge on any atom is 0.315 e. The number of fused-ring (bicyclic) bond motifs is 1. The van der Waals surface area contributed by atoms with Gasteiger partial charge in [0.15, 0.2) is 0 Å². The largest absolute Gasteiger partial charge is 0.363 e. The number of amides is 5. The molecule has 0 aromatic carbocycles. The Morgan fingerprint density at radius 1 is 0.974 bits per heavy atom. The van der Waals surface area contributed by atoms with E-state index in [2.05, 4.69) is 16.0 Å². The molecule has 3 aliphatic carbocycles. The molecule has 39 heavy (non-hydrogen) atoms. The molecule has 5 atom stereocenters. The van der Waals surface area contributed by atoms with Crippen molar-refractivity contribution in [2.45, 2.75) is 107 Å². The number of hydrogen-bond acceptors (Lipinski definition) is 5. The van der Waals surface area contributed by atoms with Gasteiger partial charge >= 0.3 is 6.03 Å². The molecule has 0 aromatic heterocycles. The highest BCUT2D eigenvalue weighted by Crippen LogP contribution is 2.65. The van der Waals surface area contributed by atoms with Crippen LogP contribution in [0.1, 0.15) is 78.6 Å². The average Bonchev–Trinajstić information content (AvgIpc) is 3.15. The van der Waals surface area contributed by atoms with E-state index >= 15 is 0 Å². The van der Waals surface area contributed by atoms with Crippen LogP contribution in [0.2, 0.25) is 0 Å². The van der Waals surface area contributed by atoms with Crippen LogP contribution in [0.15, 0.2) is 0 Å². The van der Waals surface area contributed by atoms with Crippen LogP contribution in [0, 0.1) is 23.2 Å². The van der Waals surface area contributed by atoms with Crippen LogP contribution in [-0.4, -0.2) is 69.5 Å². The van der Waals surface area contributed by atoms with E-state index in [0.29, 0.717) is 6.42 Å². The van der Waals surface area contributed by atoms with Gasteiger partial charge in [0.1, 0.15) is 16.4 Å². The van der Waals surface area contributed by atoms with Crippen molar-refractivity contribution in [2.75, 3.05) is 6.54 Å². The number of ketones is 1. The minimum Gasteiger partial charge on any atom is -0.363 e. The van der Waals surface area contributed by atoms with E-state index in [1.807, 2.05) is 20.8 Å². The molecular formula is C27H41Cl2N5O5. The Morgan fingerprint density at radius 2 is 1.62 bits per heavy atom. The van der Waals surface area contributed by atoms with Crippen molar-refractivity contribution in [3.05, 3.63) is 0 Å². The fourth-order valence-electron chi connectivity index (χ4n) is 6.28. The van der Waals surface area contributed by atoms with Gasteiger partial charge in [-0.3, -0.25) is 19.2 Å². The predicted octanol–water partition coefficient (Wildman–Crippen LogP) is 2.39. The number of hydrogen-bond donors (Lipinski definition) is 4. The first-order valence-electron chi connectivity index (χ1n) is 14.1. The summed E-state index contributed by atoms with van der Waals surface area (Å²) >= 11 is 12.9. The van der Waals surface area contributed by atoms with Gasteiger partial charge in [0.05, 0.1) is 6.04 Å². The lowest BCUT2D eigenvalue weighted by atomic mass is 9.80. The predicted molar refractivity (Wildman–Crippen MR) is 147 cm³/mol. The average molecular weight is 587 g/mol. The number of likely N-dealkylation sites (tertiary alicyclic amines) is 1. The topological polar surface area (TPSA) is 151 Å². The molecule has 0 bridgehead atoms. The number of primary amides is 1. The third-order valence-corrected chi connectivity index (χ3v) is 9.95. The van der Waals surface area contributed by atoms with Crippen LogP contribution in [0.25, 0.3) is 0 Å². The molecule has 5 unspecified atom stereocenters. The number of nitrogens with two attached hydrogens (primary N) is 1. The Labute approximate surface area is 239 Å². The number of carbonyl (C=O) groups is 5.